The van der Waals surface area contributed by atoms with Crippen molar-refractivity contribution >= 4 is 16.1 Å². The molecule has 28 heavy (non-hydrogen) atoms. The fourth-order valence-corrected chi connectivity index (χ4v) is 5.05. The van der Waals surface area contributed by atoms with Crippen molar-refractivity contribution in [1.29, 1.82) is 0 Å². The lowest BCUT2D eigenvalue weighted by atomic mass is 9.98. The van der Waals surface area contributed by atoms with Gasteiger partial charge in [-0.1, -0.05) is 54.6 Å². The van der Waals surface area contributed by atoms with Gasteiger partial charge in [0.15, 0.2) is 0 Å². The molecule has 4 rings (SSSR count). The van der Waals surface area contributed by atoms with E-state index in [4.69, 9.17) is 4.74 Å². The third-order valence-electron chi connectivity index (χ3n) is 5.33. The van der Waals surface area contributed by atoms with Gasteiger partial charge in [-0.25, -0.2) is 13.1 Å². The summed E-state index contributed by atoms with van der Waals surface area (Å²) in [5, 5.41) is 0. The minimum Gasteiger partial charge on any atom is -0.374 e. The van der Waals surface area contributed by atoms with Crippen LogP contribution in [0.5, 0.6) is 0 Å². The highest BCUT2D eigenvalue weighted by Gasteiger charge is 2.25. The van der Waals surface area contributed by atoms with E-state index < -0.39 is 10.0 Å². The fourth-order valence-electron chi connectivity index (χ4n) is 3.80. The fraction of sp³-hybridized carbons (Fsp3) is 0.364. The Bertz CT molecular complexity index is 941. The zero-order valence-corrected chi connectivity index (χ0v) is 16.7. The van der Waals surface area contributed by atoms with E-state index in [1.807, 2.05) is 36.4 Å². The van der Waals surface area contributed by atoms with Crippen LogP contribution in [0.25, 0.3) is 6.08 Å². The average molecular weight is 399 g/mol. The molecule has 0 spiro atoms. The van der Waals surface area contributed by atoms with Crippen molar-refractivity contribution in [2.24, 2.45) is 0 Å². The summed E-state index contributed by atoms with van der Waals surface area (Å²) in [7, 11) is -3.49. The van der Waals surface area contributed by atoms with Gasteiger partial charge < -0.3 is 4.74 Å². The topological polar surface area (TPSA) is 58.6 Å². The number of benzene rings is 2. The highest BCUT2D eigenvalue weighted by Crippen LogP contribution is 2.26. The Labute approximate surface area is 167 Å². The van der Waals surface area contributed by atoms with Crippen LogP contribution in [0, 0.1) is 0 Å². The lowest BCUT2D eigenvalue weighted by molar-refractivity contribution is -0.0276. The van der Waals surface area contributed by atoms with Crippen LogP contribution in [0.2, 0.25) is 0 Å². The molecule has 2 aromatic carbocycles. The molecule has 1 heterocycles. The summed E-state index contributed by atoms with van der Waals surface area (Å²) in [5.41, 5.74) is 3.46. The van der Waals surface area contributed by atoms with Gasteiger partial charge in [0.2, 0.25) is 10.0 Å². The number of nitrogens with one attached hydrogen (secondary N) is 1. The first-order valence-corrected chi connectivity index (χ1v) is 11.2. The SMILES string of the molecule is O=S(=O)(NCC1CN(Cc2ccccc2)CCO1)C1=Cc2ccccc2CC1. The molecular weight excluding hydrogens is 372 g/mol. The smallest absolute Gasteiger partial charge is 0.236 e. The lowest BCUT2D eigenvalue weighted by Crippen LogP contribution is -2.47. The monoisotopic (exact) mass is 398 g/mol. The molecule has 0 amide bonds. The van der Waals surface area contributed by atoms with Crippen LogP contribution in [0.15, 0.2) is 59.5 Å². The first-order valence-electron chi connectivity index (χ1n) is 9.76. The van der Waals surface area contributed by atoms with E-state index in [1.54, 1.807) is 6.08 Å². The van der Waals surface area contributed by atoms with E-state index in [1.165, 1.54) is 11.1 Å². The van der Waals surface area contributed by atoms with Gasteiger partial charge in [0.25, 0.3) is 0 Å². The average Bonchev–Trinajstić information content (AvgIpc) is 2.73. The predicted octanol–water partition coefficient (Wildman–Crippen LogP) is 2.79. The third-order valence-corrected chi connectivity index (χ3v) is 6.89. The minimum absolute atomic E-state index is 0.135. The molecule has 0 bridgehead atoms. The highest BCUT2D eigenvalue weighted by molar-refractivity contribution is 7.93. The number of hydrogen-bond acceptors (Lipinski definition) is 4. The van der Waals surface area contributed by atoms with Gasteiger partial charge in [0, 0.05) is 26.2 Å². The number of ether oxygens (including phenoxy) is 1. The van der Waals surface area contributed by atoms with Crippen molar-refractivity contribution in [2.75, 3.05) is 26.2 Å². The Balaban J connectivity index is 1.35. The van der Waals surface area contributed by atoms with Gasteiger partial charge in [0.05, 0.1) is 17.6 Å². The number of rotatable bonds is 6. The number of hydrogen-bond donors (Lipinski definition) is 1. The second-order valence-electron chi connectivity index (χ2n) is 7.37. The maximum absolute atomic E-state index is 12.8. The van der Waals surface area contributed by atoms with Crippen LogP contribution in [0.1, 0.15) is 23.1 Å². The van der Waals surface area contributed by atoms with E-state index in [0.29, 0.717) is 24.5 Å². The molecule has 1 fully saturated rings. The quantitative estimate of drug-likeness (QED) is 0.813. The Morgan fingerprint density at radius 1 is 1.04 bits per heavy atom. The van der Waals surface area contributed by atoms with Gasteiger partial charge in [0.1, 0.15) is 0 Å². The molecule has 0 aromatic heterocycles. The molecule has 1 N–H and O–H groups in total. The molecule has 148 valence electrons. The van der Waals surface area contributed by atoms with Crippen molar-refractivity contribution in [3.63, 3.8) is 0 Å². The third kappa shape index (κ3) is 4.70. The maximum Gasteiger partial charge on any atom is 0.236 e. The standard InChI is InChI=1S/C22H26N2O3S/c25-28(26,22-11-10-19-8-4-5-9-20(19)14-22)23-15-21-17-24(12-13-27-21)16-18-6-2-1-3-7-18/h1-9,14,21,23H,10-13,15-17H2. The Morgan fingerprint density at radius 2 is 1.82 bits per heavy atom. The molecule has 1 aliphatic heterocycles. The lowest BCUT2D eigenvalue weighted by Gasteiger charge is -2.33. The second-order valence-corrected chi connectivity index (χ2v) is 9.19. The number of morpholine rings is 1. The van der Waals surface area contributed by atoms with Gasteiger partial charge in [-0.05, 0) is 35.6 Å². The Kier molecular flexibility index (Phi) is 5.92. The normalized spacial score (nSPS) is 20.4. The van der Waals surface area contributed by atoms with Crippen LogP contribution >= 0.6 is 0 Å². The van der Waals surface area contributed by atoms with E-state index in [-0.39, 0.29) is 6.10 Å². The molecule has 1 atom stereocenters. The molecule has 0 radical (unpaired) electrons. The minimum atomic E-state index is -3.49. The summed E-state index contributed by atoms with van der Waals surface area (Å²) in [5.74, 6) is 0. The van der Waals surface area contributed by atoms with Gasteiger partial charge in [-0.2, -0.15) is 0 Å². The van der Waals surface area contributed by atoms with Crippen molar-refractivity contribution in [3.8, 4) is 0 Å². The summed E-state index contributed by atoms with van der Waals surface area (Å²) in [6, 6.07) is 18.3. The summed E-state index contributed by atoms with van der Waals surface area (Å²) >= 11 is 0. The second kappa shape index (κ2) is 8.57. The molecule has 5 nitrogen and oxygen atoms in total. The molecule has 2 aliphatic rings. The van der Waals surface area contributed by atoms with Crippen molar-refractivity contribution in [2.45, 2.75) is 25.5 Å². The molecule has 2 aromatic rings. The molecule has 6 heteroatoms. The molecule has 1 saturated heterocycles. The first kappa shape index (κ1) is 19.3. The first-order chi connectivity index (χ1) is 13.6. The van der Waals surface area contributed by atoms with Crippen LogP contribution < -0.4 is 4.72 Å². The number of fused-ring (bicyclic) bond motifs is 1. The Morgan fingerprint density at radius 3 is 2.68 bits per heavy atom. The van der Waals surface area contributed by atoms with Crippen LogP contribution in [0.4, 0.5) is 0 Å². The summed E-state index contributed by atoms with van der Waals surface area (Å²) < 4.78 is 34.1. The number of allylic oxidation sites excluding steroid dienone is 1. The van der Waals surface area contributed by atoms with E-state index in [0.717, 1.165) is 31.6 Å². The predicted molar refractivity (Wildman–Crippen MR) is 111 cm³/mol. The van der Waals surface area contributed by atoms with Gasteiger partial charge >= 0.3 is 0 Å². The van der Waals surface area contributed by atoms with E-state index in [9.17, 15) is 8.42 Å². The van der Waals surface area contributed by atoms with Crippen LogP contribution in [0.3, 0.4) is 0 Å². The summed E-state index contributed by atoms with van der Waals surface area (Å²) in [4.78, 5) is 2.77. The maximum atomic E-state index is 12.8. The van der Waals surface area contributed by atoms with Gasteiger partial charge in [-0.15, -0.1) is 0 Å². The van der Waals surface area contributed by atoms with Crippen molar-refractivity contribution < 1.29 is 13.2 Å². The summed E-state index contributed by atoms with van der Waals surface area (Å²) in [6.45, 7) is 3.36. The number of aryl methyl sites for hydroxylation is 1. The molecule has 0 saturated carbocycles. The van der Waals surface area contributed by atoms with E-state index >= 15 is 0 Å². The van der Waals surface area contributed by atoms with Crippen LogP contribution in [-0.4, -0.2) is 45.7 Å². The largest absolute Gasteiger partial charge is 0.374 e. The van der Waals surface area contributed by atoms with Crippen molar-refractivity contribution in [1.82, 2.24) is 9.62 Å². The number of sulfonamides is 1. The Hall–Kier alpha value is -1.99. The molecule has 1 unspecified atom stereocenters. The highest BCUT2D eigenvalue weighted by atomic mass is 32.2. The van der Waals surface area contributed by atoms with Gasteiger partial charge in [-0.3, -0.25) is 4.90 Å². The van der Waals surface area contributed by atoms with Crippen LogP contribution in [-0.2, 0) is 27.7 Å². The molecule has 1 aliphatic carbocycles. The van der Waals surface area contributed by atoms with Crippen molar-refractivity contribution in [3.05, 3.63) is 76.2 Å². The zero-order valence-electron chi connectivity index (χ0n) is 15.9. The molecular formula is C22H26N2O3S. The zero-order chi connectivity index (χ0) is 19.4. The number of nitrogens with zero attached hydrogens (tertiary/aromatic N) is 1. The summed E-state index contributed by atoms with van der Waals surface area (Å²) in [6.07, 6.45) is 2.96. The van der Waals surface area contributed by atoms with E-state index in [2.05, 4.69) is 27.8 Å².